The molecule has 0 atom stereocenters. The average Bonchev–Trinajstić information content (AvgIpc) is 3.01. The standard InChI is InChI=1S/C35H26N2O3/c38-33(23-18-25-10-3-1-4-11-25)27-19-21-30(22-20-27)36-35(40)32(37-34(39)28-13-5-2-6-14-28)24-29-16-9-15-26-12-7-8-17-31(26)29/h1-24H,(H,36,40)(H,37,39)/b23-18+,32-24-. The van der Waals surface area contributed by atoms with E-state index >= 15 is 0 Å². The fourth-order valence-electron chi connectivity index (χ4n) is 4.22. The van der Waals surface area contributed by atoms with Crippen molar-refractivity contribution in [1.29, 1.82) is 0 Å². The van der Waals surface area contributed by atoms with Crippen molar-refractivity contribution in [1.82, 2.24) is 5.32 Å². The second-order valence-electron chi connectivity index (χ2n) is 9.09. The van der Waals surface area contributed by atoms with Gasteiger partial charge in [0.05, 0.1) is 0 Å². The summed E-state index contributed by atoms with van der Waals surface area (Å²) in [6.45, 7) is 0. The second kappa shape index (κ2) is 12.3. The van der Waals surface area contributed by atoms with Crippen LogP contribution < -0.4 is 10.6 Å². The van der Waals surface area contributed by atoms with E-state index in [4.69, 9.17) is 0 Å². The molecule has 5 nitrogen and oxygen atoms in total. The molecule has 0 aromatic heterocycles. The zero-order chi connectivity index (χ0) is 27.7. The van der Waals surface area contributed by atoms with Crippen LogP contribution in [0.4, 0.5) is 5.69 Å². The molecule has 5 aromatic carbocycles. The smallest absolute Gasteiger partial charge is 0.272 e. The number of allylic oxidation sites excluding steroid dienone is 1. The number of nitrogens with one attached hydrogen (secondary N) is 2. The zero-order valence-electron chi connectivity index (χ0n) is 21.6. The summed E-state index contributed by atoms with van der Waals surface area (Å²) in [4.78, 5) is 39.0. The minimum absolute atomic E-state index is 0.0937. The van der Waals surface area contributed by atoms with Crippen molar-refractivity contribution in [2.24, 2.45) is 0 Å². The molecule has 40 heavy (non-hydrogen) atoms. The number of carbonyl (C=O) groups excluding carboxylic acids is 3. The first-order valence-electron chi connectivity index (χ1n) is 12.8. The van der Waals surface area contributed by atoms with E-state index in [9.17, 15) is 14.4 Å². The van der Waals surface area contributed by atoms with Gasteiger partial charge in [-0.25, -0.2) is 0 Å². The molecule has 2 amide bonds. The first kappa shape index (κ1) is 26.1. The SMILES string of the molecule is O=C(Nc1ccc(C(=O)/C=C/c2ccccc2)cc1)/C(=C/c1cccc2ccccc12)NC(=O)c1ccccc1. The maximum atomic E-state index is 13.4. The van der Waals surface area contributed by atoms with Crippen LogP contribution in [0.15, 0.2) is 139 Å². The third-order valence-electron chi connectivity index (χ3n) is 6.31. The third kappa shape index (κ3) is 6.47. The maximum absolute atomic E-state index is 13.4. The van der Waals surface area contributed by atoms with Crippen LogP contribution in [0, 0.1) is 0 Å². The average molecular weight is 523 g/mol. The molecule has 5 heteroatoms. The Labute approximate surface area is 232 Å². The molecular weight excluding hydrogens is 496 g/mol. The zero-order valence-corrected chi connectivity index (χ0v) is 21.6. The molecule has 0 radical (unpaired) electrons. The summed E-state index contributed by atoms with van der Waals surface area (Å²) in [5, 5.41) is 7.59. The molecule has 0 bridgehead atoms. The Kier molecular flexibility index (Phi) is 8.04. The van der Waals surface area contributed by atoms with Crippen LogP contribution >= 0.6 is 0 Å². The van der Waals surface area contributed by atoms with Gasteiger partial charge in [0, 0.05) is 16.8 Å². The molecule has 0 aliphatic heterocycles. The van der Waals surface area contributed by atoms with Gasteiger partial charge in [-0.1, -0.05) is 97.1 Å². The van der Waals surface area contributed by atoms with Crippen molar-refractivity contribution < 1.29 is 14.4 Å². The molecule has 0 aliphatic carbocycles. The molecule has 5 aromatic rings. The Bertz CT molecular complexity index is 1720. The Morgan fingerprint density at radius 3 is 2.00 bits per heavy atom. The summed E-state index contributed by atoms with van der Waals surface area (Å²) in [6.07, 6.45) is 4.95. The van der Waals surface area contributed by atoms with Gasteiger partial charge in [0.2, 0.25) is 0 Å². The van der Waals surface area contributed by atoms with E-state index in [1.807, 2.05) is 78.9 Å². The highest BCUT2D eigenvalue weighted by Crippen LogP contribution is 2.21. The van der Waals surface area contributed by atoms with Gasteiger partial charge < -0.3 is 10.6 Å². The van der Waals surface area contributed by atoms with E-state index in [-0.39, 0.29) is 11.5 Å². The number of amides is 2. The summed E-state index contributed by atoms with van der Waals surface area (Å²) in [6, 6.07) is 38.6. The van der Waals surface area contributed by atoms with Gasteiger partial charge in [-0.2, -0.15) is 0 Å². The molecule has 2 N–H and O–H groups in total. The Balaban J connectivity index is 1.38. The van der Waals surface area contributed by atoms with Crippen molar-refractivity contribution in [3.63, 3.8) is 0 Å². The van der Waals surface area contributed by atoms with Crippen LogP contribution in [0.25, 0.3) is 22.9 Å². The van der Waals surface area contributed by atoms with Crippen molar-refractivity contribution in [3.8, 4) is 0 Å². The lowest BCUT2D eigenvalue weighted by Crippen LogP contribution is -2.30. The topological polar surface area (TPSA) is 75.3 Å². The lowest BCUT2D eigenvalue weighted by Gasteiger charge is -2.12. The highest BCUT2D eigenvalue weighted by molar-refractivity contribution is 6.12. The van der Waals surface area contributed by atoms with Gasteiger partial charge in [-0.15, -0.1) is 0 Å². The van der Waals surface area contributed by atoms with E-state index < -0.39 is 11.8 Å². The summed E-state index contributed by atoms with van der Waals surface area (Å²) in [5.41, 5.74) is 3.24. The predicted octanol–water partition coefficient (Wildman–Crippen LogP) is 7.15. The quantitative estimate of drug-likeness (QED) is 0.168. The number of hydrogen-bond acceptors (Lipinski definition) is 3. The van der Waals surface area contributed by atoms with Gasteiger partial charge >= 0.3 is 0 Å². The Morgan fingerprint density at radius 1 is 0.600 bits per heavy atom. The van der Waals surface area contributed by atoms with E-state index in [1.165, 1.54) is 6.08 Å². The number of rotatable bonds is 8. The van der Waals surface area contributed by atoms with Gasteiger partial charge in [0.15, 0.2) is 5.78 Å². The minimum Gasteiger partial charge on any atom is -0.321 e. The highest BCUT2D eigenvalue weighted by Gasteiger charge is 2.16. The van der Waals surface area contributed by atoms with E-state index in [2.05, 4.69) is 10.6 Å². The largest absolute Gasteiger partial charge is 0.321 e. The van der Waals surface area contributed by atoms with Gasteiger partial charge in [0.25, 0.3) is 11.8 Å². The van der Waals surface area contributed by atoms with Crippen LogP contribution in [-0.2, 0) is 4.79 Å². The number of hydrogen-bond donors (Lipinski definition) is 2. The van der Waals surface area contributed by atoms with Gasteiger partial charge in [-0.05, 0) is 70.4 Å². The van der Waals surface area contributed by atoms with Crippen LogP contribution in [0.2, 0.25) is 0 Å². The monoisotopic (exact) mass is 522 g/mol. The number of fused-ring (bicyclic) bond motifs is 1. The summed E-state index contributed by atoms with van der Waals surface area (Å²) in [7, 11) is 0. The van der Waals surface area contributed by atoms with Crippen molar-refractivity contribution in [2.45, 2.75) is 0 Å². The third-order valence-corrected chi connectivity index (χ3v) is 6.31. The lowest BCUT2D eigenvalue weighted by atomic mass is 10.0. The minimum atomic E-state index is -0.486. The summed E-state index contributed by atoms with van der Waals surface area (Å²) in [5.74, 6) is -1.03. The number of carbonyl (C=O) groups is 3. The maximum Gasteiger partial charge on any atom is 0.272 e. The summed E-state index contributed by atoms with van der Waals surface area (Å²) >= 11 is 0. The molecule has 0 heterocycles. The molecule has 0 fully saturated rings. The van der Waals surface area contributed by atoms with E-state index in [1.54, 1.807) is 60.7 Å². The molecule has 0 aliphatic rings. The number of anilines is 1. The molecule has 0 saturated carbocycles. The van der Waals surface area contributed by atoms with Crippen LogP contribution in [0.3, 0.4) is 0 Å². The number of ketones is 1. The fraction of sp³-hybridized carbons (Fsp3) is 0. The first-order valence-corrected chi connectivity index (χ1v) is 12.8. The van der Waals surface area contributed by atoms with E-state index in [0.717, 1.165) is 21.9 Å². The highest BCUT2D eigenvalue weighted by atomic mass is 16.2. The Hall–Kier alpha value is -5.55. The molecule has 0 saturated heterocycles. The van der Waals surface area contributed by atoms with E-state index in [0.29, 0.717) is 16.8 Å². The molecular formula is C35H26N2O3. The van der Waals surface area contributed by atoms with Crippen molar-refractivity contribution in [3.05, 3.63) is 161 Å². The Morgan fingerprint density at radius 2 is 1.25 bits per heavy atom. The second-order valence-corrected chi connectivity index (χ2v) is 9.09. The number of benzene rings is 5. The molecule has 5 rings (SSSR count). The van der Waals surface area contributed by atoms with Crippen molar-refractivity contribution in [2.75, 3.05) is 5.32 Å². The predicted molar refractivity (Wildman–Crippen MR) is 161 cm³/mol. The van der Waals surface area contributed by atoms with Gasteiger partial charge in [0.1, 0.15) is 5.70 Å². The molecule has 0 unspecified atom stereocenters. The van der Waals surface area contributed by atoms with Crippen LogP contribution in [0.1, 0.15) is 31.8 Å². The summed E-state index contributed by atoms with van der Waals surface area (Å²) < 4.78 is 0. The molecule has 194 valence electrons. The van der Waals surface area contributed by atoms with Crippen LogP contribution in [-0.4, -0.2) is 17.6 Å². The first-order chi connectivity index (χ1) is 19.6. The normalized spacial score (nSPS) is 11.3. The van der Waals surface area contributed by atoms with Crippen LogP contribution in [0.5, 0.6) is 0 Å². The lowest BCUT2D eigenvalue weighted by molar-refractivity contribution is -0.113. The van der Waals surface area contributed by atoms with Crippen molar-refractivity contribution >= 4 is 46.2 Å². The molecule has 0 spiro atoms. The van der Waals surface area contributed by atoms with Gasteiger partial charge in [-0.3, -0.25) is 14.4 Å². The fourth-order valence-corrected chi connectivity index (χ4v) is 4.22.